The molecule has 1 aliphatic rings. The quantitative estimate of drug-likeness (QED) is 0.844. The Labute approximate surface area is 141 Å². The Morgan fingerprint density at radius 2 is 1.88 bits per heavy atom. The molecule has 1 aliphatic heterocycles. The molecule has 0 fully saturated rings. The van der Waals surface area contributed by atoms with Crippen LogP contribution in [0.15, 0.2) is 16.1 Å². The number of imidazole rings is 2. The number of nitrogens with zero attached hydrogens (tertiary/aromatic N) is 4. The van der Waals surface area contributed by atoms with E-state index in [9.17, 15) is 4.79 Å². The van der Waals surface area contributed by atoms with E-state index in [1.165, 1.54) is 0 Å². The number of fused-ring (bicyclic) bond motifs is 3. The van der Waals surface area contributed by atoms with Crippen molar-refractivity contribution < 1.29 is 0 Å². The van der Waals surface area contributed by atoms with Gasteiger partial charge in [-0.25, -0.2) is 14.8 Å². The first kappa shape index (κ1) is 16.5. The van der Waals surface area contributed by atoms with Gasteiger partial charge in [-0.1, -0.05) is 26.7 Å². The van der Waals surface area contributed by atoms with E-state index in [-0.39, 0.29) is 11.7 Å². The molecule has 0 amide bonds. The molecule has 2 N–H and O–H groups in total. The van der Waals surface area contributed by atoms with E-state index in [4.69, 9.17) is 0 Å². The number of nitrogens with one attached hydrogen (secondary N) is 2. The van der Waals surface area contributed by atoms with Gasteiger partial charge in [0.05, 0.1) is 12.7 Å². The van der Waals surface area contributed by atoms with Crippen LogP contribution in [0.25, 0.3) is 11.4 Å². The molecule has 3 heterocycles. The maximum absolute atomic E-state index is 12.5. The van der Waals surface area contributed by atoms with E-state index in [2.05, 4.69) is 52.5 Å². The van der Waals surface area contributed by atoms with E-state index in [0.29, 0.717) is 6.04 Å². The first-order valence-electron chi connectivity index (χ1n) is 8.79. The highest BCUT2D eigenvalue weighted by molar-refractivity contribution is 5.90. The Morgan fingerprint density at radius 1 is 1.17 bits per heavy atom. The van der Waals surface area contributed by atoms with Gasteiger partial charge < -0.3 is 14.9 Å². The van der Waals surface area contributed by atoms with Gasteiger partial charge in [0.2, 0.25) is 0 Å². The largest absolute Gasteiger partial charge is 0.330 e. The van der Waals surface area contributed by atoms with Crippen LogP contribution in [0, 0.1) is 0 Å². The van der Waals surface area contributed by atoms with Crippen LogP contribution in [0.4, 0.5) is 11.6 Å². The van der Waals surface area contributed by atoms with Gasteiger partial charge in [0.25, 0.3) is 0 Å². The molecule has 2 aromatic heterocycles. The molecule has 0 spiro atoms. The monoisotopic (exact) mass is 330 g/mol. The summed E-state index contributed by atoms with van der Waals surface area (Å²) >= 11 is 0. The van der Waals surface area contributed by atoms with Crippen molar-refractivity contribution in [3.05, 3.63) is 16.8 Å². The SMILES string of the molecule is CCCC(C)n1cnc2c1N=CNc1c-2[nH]c(=O)n1C(C)CCC. The molecule has 7 heteroatoms. The van der Waals surface area contributed by atoms with Gasteiger partial charge in [0.1, 0.15) is 17.2 Å². The molecule has 0 aromatic carbocycles. The molecule has 2 aromatic rings. The summed E-state index contributed by atoms with van der Waals surface area (Å²) in [5.41, 5.74) is 1.34. The fourth-order valence-corrected chi connectivity index (χ4v) is 3.42. The molecule has 7 nitrogen and oxygen atoms in total. The highest BCUT2D eigenvalue weighted by Crippen LogP contribution is 2.37. The Balaban J connectivity index is 2.10. The minimum atomic E-state index is -0.106. The normalized spacial score (nSPS) is 15.3. The molecule has 2 unspecified atom stereocenters. The van der Waals surface area contributed by atoms with Crippen molar-refractivity contribution in [2.24, 2.45) is 4.99 Å². The topological polar surface area (TPSA) is 80.0 Å². The van der Waals surface area contributed by atoms with Gasteiger partial charge in [0, 0.05) is 12.1 Å². The van der Waals surface area contributed by atoms with Crippen molar-refractivity contribution in [2.75, 3.05) is 5.32 Å². The molecular weight excluding hydrogens is 304 g/mol. The molecule has 0 bridgehead atoms. The smallest absolute Gasteiger partial charge is 0.327 e. The van der Waals surface area contributed by atoms with Crippen LogP contribution < -0.4 is 11.0 Å². The first-order chi connectivity index (χ1) is 11.6. The molecule has 0 radical (unpaired) electrons. The average Bonchev–Trinajstić information content (AvgIpc) is 3.05. The minimum absolute atomic E-state index is 0.106. The molecule has 0 aliphatic carbocycles. The van der Waals surface area contributed by atoms with E-state index in [1.54, 1.807) is 10.9 Å². The van der Waals surface area contributed by atoms with Crippen LogP contribution >= 0.6 is 0 Å². The van der Waals surface area contributed by atoms with Gasteiger partial charge >= 0.3 is 5.69 Å². The van der Waals surface area contributed by atoms with Crippen LogP contribution in [0.1, 0.15) is 65.5 Å². The number of H-pyrrole nitrogens is 1. The van der Waals surface area contributed by atoms with E-state index in [0.717, 1.165) is 48.7 Å². The lowest BCUT2D eigenvalue weighted by Gasteiger charge is -2.14. The third-order valence-electron chi connectivity index (χ3n) is 4.65. The summed E-state index contributed by atoms with van der Waals surface area (Å²) in [5.74, 6) is 1.54. The molecule has 24 heavy (non-hydrogen) atoms. The second-order valence-electron chi connectivity index (χ2n) is 6.53. The van der Waals surface area contributed by atoms with Gasteiger partial charge in [-0.2, -0.15) is 0 Å². The summed E-state index contributed by atoms with van der Waals surface area (Å²) in [4.78, 5) is 24.5. The number of hydrogen-bond donors (Lipinski definition) is 2. The molecule has 0 saturated heterocycles. The number of rotatable bonds is 6. The molecular formula is C17H26N6O. The summed E-state index contributed by atoms with van der Waals surface area (Å²) in [6.07, 6.45) is 7.60. The Hall–Kier alpha value is -2.31. The van der Waals surface area contributed by atoms with Gasteiger partial charge in [-0.05, 0) is 26.7 Å². The number of aliphatic imine (C=N–C) groups is 1. The summed E-state index contributed by atoms with van der Waals surface area (Å²) in [6.45, 7) is 8.52. The van der Waals surface area contributed by atoms with Gasteiger partial charge in [0.15, 0.2) is 5.82 Å². The fraction of sp³-hybridized carbons (Fsp3) is 0.588. The van der Waals surface area contributed by atoms with Crippen LogP contribution in [-0.4, -0.2) is 25.4 Å². The van der Waals surface area contributed by atoms with Crippen molar-refractivity contribution in [1.29, 1.82) is 0 Å². The maximum Gasteiger partial charge on any atom is 0.327 e. The van der Waals surface area contributed by atoms with Crippen molar-refractivity contribution in [3.8, 4) is 11.4 Å². The molecule has 2 atom stereocenters. The standard InChI is InChI=1S/C17H26N6O/c1-5-7-11(3)22-10-20-13-14-16(19-9-18-15(13)22)23(17(24)21-14)12(4)8-6-2/h9-12H,5-8H2,1-4H3,(H,18,19)(H,21,24). The fourth-order valence-electron chi connectivity index (χ4n) is 3.42. The van der Waals surface area contributed by atoms with Crippen LogP contribution in [0.2, 0.25) is 0 Å². The lowest BCUT2D eigenvalue weighted by atomic mass is 10.2. The predicted molar refractivity (Wildman–Crippen MR) is 97.3 cm³/mol. The van der Waals surface area contributed by atoms with Crippen molar-refractivity contribution in [3.63, 3.8) is 0 Å². The number of aromatic nitrogens is 4. The zero-order valence-electron chi connectivity index (χ0n) is 14.8. The number of aromatic amines is 1. The van der Waals surface area contributed by atoms with Crippen molar-refractivity contribution in [1.82, 2.24) is 19.1 Å². The summed E-state index contributed by atoms with van der Waals surface area (Å²) in [6, 6.07) is 0.434. The third kappa shape index (κ3) is 2.68. The Bertz CT molecular complexity index is 797. The summed E-state index contributed by atoms with van der Waals surface area (Å²) < 4.78 is 3.85. The summed E-state index contributed by atoms with van der Waals surface area (Å²) in [5, 5.41) is 3.17. The third-order valence-corrected chi connectivity index (χ3v) is 4.65. The number of anilines is 1. The van der Waals surface area contributed by atoms with Crippen molar-refractivity contribution >= 4 is 18.0 Å². The Kier molecular flexibility index (Phi) is 4.59. The zero-order valence-corrected chi connectivity index (χ0v) is 14.8. The van der Waals surface area contributed by atoms with Crippen LogP contribution in [-0.2, 0) is 0 Å². The first-order valence-corrected chi connectivity index (χ1v) is 8.79. The molecule has 130 valence electrons. The van der Waals surface area contributed by atoms with E-state index < -0.39 is 0 Å². The number of hydrogen-bond acceptors (Lipinski definition) is 4. The second-order valence-corrected chi connectivity index (χ2v) is 6.53. The van der Waals surface area contributed by atoms with Gasteiger partial charge in [-0.15, -0.1) is 0 Å². The maximum atomic E-state index is 12.5. The molecule has 0 saturated carbocycles. The highest BCUT2D eigenvalue weighted by atomic mass is 16.1. The van der Waals surface area contributed by atoms with Gasteiger partial charge in [-0.3, -0.25) is 4.57 Å². The molecule has 3 rings (SSSR count). The second kappa shape index (κ2) is 6.67. The van der Waals surface area contributed by atoms with Crippen LogP contribution in [0.5, 0.6) is 0 Å². The predicted octanol–water partition coefficient (Wildman–Crippen LogP) is 3.85. The lowest BCUT2D eigenvalue weighted by molar-refractivity contribution is 0.493. The highest BCUT2D eigenvalue weighted by Gasteiger charge is 2.26. The van der Waals surface area contributed by atoms with E-state index in [1.807, 2.05) is 6.33 Å². The van der Waals surface area contributed by atoms with Crippen LogP contribution in [0.3, 0.4) is 0 Å². The lowest BCUT2D eigenvalue weighted by Crippen LogP contribution is -2.22. The minimum Gasteiger partial charge on any atom is -0.330 e. The zero-order chi connectivity index (χ0) is 17.3. The van der Waals surface area contributed by atoms with E-state index >= 15 is 0 Å². The summed E-state index contributed by atoms with van der Waals surface area (Å²) in [7, 11) is 0. The van der Waals surface area contributed by atoms with Crippen molar-refractivity contribution in [2.45, 2.75) is 65.5 Å². The Morgan fingerprint density at radius 3 is 2.58 bits per heavy atom. The average molecular weight is 330 g/mol.